The van der Waals surface area contributed by atoms with E-state index in [1.165, 1.54) is 0 Å². The van der Waals surface area contributed by atoms with Crippen LogP contribution in [0.1, 0.15) is 24.8 Å². The molecule has 4 N–H and O–H groups in total. The Morgan fingerprint density at radius 1 is 1.50 bits per heavy atom. The number of nitrogens with zero attached hydrogens (tertiary/aromatic N) is 2. The van der Waals surface area contributed by atoms with Crippen LogP contribution in [0.3, 0.4) is 0 Å². The molecule has 5 nitrogen and oxygen atoms in total. The molecular weight excluding hydrogens is 252 g/mol. The lowest BCUT2D eigenvalue weighted by Gasteiger charge is -2.20. The van der Waals surface area contributed by atoms with E-state index in [2.05, 4.69) is 4.98 Å². The number of aliphatic hydroxyl groups excluding tert-OH is 1. The molecule has 1 heterocycles. The molecule has 0 atom stereocenters. The summed E-state index contributed by atoms with van der Waals surface area (Å²) in [5, 5.41) is 16.5. The smallest absolute Gasteiger partial charge is 0.147 e. The van der Waals surface area contributed by atoms with Gasteiger partial charge in [-0.25, -0.2) is 4.98 Å². The van der Waals surface area contributed by atoms with Crippen molar-refractivity contribution in [1.29, 1.82) is 5.41 Å². The van der Waals surface area contributed by atoms with E-state index in [1.807, 2.05) is 11.9 Å². The van der Waals surface area contributed by atoms with Crippen LogP contribution >= 0.6 is 11.6 Å². The zero-order valence-corrected chi connectivity index (χ0v) is 11.2. The molecule has 6 heteroatoms. The van der Waals surface area contributed by atoms with Crippen molar-refractivity contribution in [3.8, 4) is 0 Å². The van der Waals surface area contributed by atoms with E-state index < -0.39 is 0 Å². The molecule has 0 saturated carbocycles. The molecular formula is C12H19ClN4O. The van der Waals surface area contributed by atoms with Gasteiger partial charge in [0.05, 0.1) is 5.02 Å². The SMILES string of the molecule is CN(CCCCCO)c1nccc(C(=N)N)c1Cl. The number of aliphatic hydroxyl groups is 1. The summed E-state index contributed by atoms with van der Waals surface area (Å²) in [6.07, 6.45) is 4.33. The third-order valence-corrected chi connectivity index (χ3v) is 3.05. The first-order chi connectivity index (χ1) is 8.57. The minimum atomic E-state index is -0.0580. The first-order valence-corrected chi connectivity index (χ1v) is 6.26. The zero-order chi connectivity index (χ0) is 13.5. The number of pyridine rings is 1. The number of amidine groups is 1. The van der Waals surface area contributed by atoms with Crippen LogP contribution in [0.4, 0.5) is 5.82 Å². The molecule has 0 aliphatic carbocycles. The fraction of sp³-hybridized carbons (Fsp3) is 0.500. The summed E-state index contributed by atoms with van der Waals surface area (Å²) in [7, 11) is 1.90. The monoisotopic (exact) mass is 270 g/mol. The Hall–Kier alpha value is -1.33. The average molecular weight is 271 g/mol. The first kappa shape index (κ1) is 14.7. The van der Waals surface area contributed by atoms with Crippen LogP contribution < -0.4 is 10.6 Å². The van der Waals surface area contributed by atoms with Crippen molar-refractivity contribution in [1.82, 2.24) is 4.98 Å². The van der Waals surface area contributed by atoms with Crippen LogP contribution in [-0.4, -0.2) is 36.1 Å². The molecule has 0 radical (unpaired) electrons. The highest BCUT2D eigenvalue weighted by atomic mass is 35.5. The zero-order valence-electron chi connectivity index (χ0n) is 10.5. The Morgan fingerprint density at radius 3 is 2.83 bits per heavy atom. The summed E-state index contributed by atoms with van der Waals surface area (Å²) >= 11 is 6.17. The number of nitrogen functional groups attached to an aromatic ring is 1. The van der Waals surface area contributed by atoms with E-state index in [-0.39, 0.29) is 12.4 Å². The number of nitrogens with one attached hydrogen (secondary N) is 1. The molecule has 0 saturated heterocycles. The maximum Gasteiger partial charge on any atom is 0.147 e. The third kappa shape index (κ3) is 3.85. The van der Waals surface area contributed by atoms with Crippen molar-refractivity contribution in [2.75, 3.05) is 25.1 Å². The lowest BCUT2D eigenvalue weighted by Crippen LogP contribution is -2.22. The first-order valence-electron chi connectivity index (χ1n) is 5.88. The molecule has 0 spiro atoms. The molecule has 0 aromatic carbocycles. The molecule has 18 heavy (non-hydrogen) atoms. The normalized spacial score (nSPS) is 10.4. The summed E-state index contributed by atoms with van der Waals surface area (Å²) in [6, 6.07) is 1.63. The van der Waals surface area contributed by atoms with E-state index in [1.54, 1.807) is 12.3 Å². The van der Waals surface area contributed by atoms with E-state index in [9.17, 15) is 0 Å². The summed E-state index contributed by atoms with van der Waals surface area (Å²) < 4.78 is 0. The number of nitrogens with two attached hydrogens (primary N) is 1. The Labute approximate surface area is 112 Å². The number of aromatic nitrogens is 1. The lowest BCUT2D eigenvalue weighted by molar-refractivity contribution is 0.283. The summed E-state index contributed by atoms with van der Waals surface area (Å²) in [4.78, 5) is 6.15. The van der Waals surface area contributed by atoms with Crippen LogP contribution in [0.5, 0.6) is 0 Å². The van der Waals surface area contributed by atoms with Gasteiger partial charge in [-0.15, -0.1) is 0 Å². The maximum absolute atomic E-state index is 8.71. The highest BCUT2D eigenvalue weighted by Crippen LogP contribution is 2.25. The lowest BCUT2D eigenvalue weighted by atomic mass is 10.2. The quantitative estimate of drug-likeness (QED) is 0.399. The van der Waals surface area contributed by atoms with Gasteiger partial charge in [0.15, 0.2) is 0 Å². The van der Waals surface area contributed by atoms with E-state index in [4.69, 9.17) is 27.9 Å². The van der Waals surface area contributed by atoms with Crippen LogP contribution in [-0.2, 0) is 0 Å². The van der Waals surface area contributed by atoms with Crippen LogP contribution in [0.15, 0.2) is 12.3 Å². The van der Waals surface area contributed by atoms with Gasteiger partial charge in [0, 0.05) is 32.0 Å². The van der Waals surface area contributed by atoms with Gasteiger partial charge in [-0.2, -0.15) is 0 Å². The van der Waals surface area contributed by atoms with Crippen molar-refractivity contribution in [2.45, 2.75) is 19.3 Å². The number of halogens is 1. The van der Waals surface area contributed by atoms with Crippen molar-refractivity contribution in [3.63, 3.8) is 0 Å². The van der Waals surface area contributed by atoms with Gasteiger partial charge in [0.1, 0.15) is 11.7 Å². The minimum absolute atomic E-state index is 0.0580. The number of rotatable bonds is 7. The van der Waals surface area contributed by atoms with E-state index in [0.717, 1.165) is 25.8 Å². The van der Waals surface area contributed by atoms with Crippen LogP contribution in [0.2, 0.25) is 5.02 Å². The predicted molar refractivity (Wildman–Crippen MR) is 74.5 cm³/mol. The summed E-state index contributed by atoms with van der Waals surface area (Å²) in [5.74, 6) is 0.575. The van der Waals surface area contributed by atoms with Crippen molar-refractivity contribution >= 4 is 23.3 Å². The van der Waals surface area contributed by atoms with Crippen molar-refractivity contribution in [3.05, 3.63) is 22.8 Å². The molecule has 0 amide bonds. The molecule has 100 valence electrons. The van der Waals surface area contributed by atoms with Gasteiger partial charge in [0.2, 0.25) is 0 Å². The Kier molecular flexibility index (Phi) is 5.88. The van der Waals surface area contributed by atoms with E-state index >= 15 is 0 Å². The molecule has 0 bridgehead atoms. The second-order valence-electron chi connectivity index (χ2n) is 4.12. The topological polar surface area (TPSA) is 86.2 Å². The van der Waals surface area contributed by atoms with Crippen molar-refractivity contribution in [2.24, 2.45) is 5.73 Å². The van der Waals surface area contributed by atoms with Gasteiger partial charge < -0.3 is 15.7 Å². The molecule has 0 unspecified atom stereocenters. The van der Waals surface area contributed by atoms with Gasteiger partial charge in [0.25, 0.3) is 0 Å². The molecule has 0 fully saturated rings. The Bertz CT molecular complexity index is 411. The minimum Gasteiger partial charge on any atom is -0.396 e. The second-order valence-corrected chi connectivity index (χ2v) is 4.49. The fourth-order valence-electron chi connectivity index (χ4n) is 1.65. The summed E-state index contributed by atoms with van der Waals surface area (Å²) in [6.45, 7) is 1.02. The van der Waals surface area contributed by atoms with Gasteiger partial charge in [-0.1, -0.05) is 11.6 Å². The standard InChI is InChI=1S/C12H19ClN4O/c1-17(7-3-2-4-8-18)12-10(13)9(11(14)15)5-6-16-12/h5-6,18H,2-4,7-8H2,1H3,(H3,14,15). The molecule has 1 aromatic rings. The number of unbranched alkanes of at least 4 members (excludes halogenated alkanes) is 2. The van der Waals surface area contributed by atoms with Crippen LogP contribution in [0.25, 0.3) is 0 Å². The number of hydrogen-bond acceptors (Lipinski definition) is 4. The largest absolute Gasteiger partial charge is 0.396 e. The molecule has 1 aromatic heterocycles. The highest BCUT2D eigenvalue weighted by molar-refractivity contribution is 6.36. The number of hydrogen-bond donors (Lipinski definition) is 3. The Morgan fingerprint density at radius 2 is 2.22 bits per heavy atom. The highest BCUT2D eigenvalue weighted by Gasteiger charge is 2.12. The summed E-state index contributed by atoms with van der Waals surface area (Å²) in [5.41, 5.74) is 5.95. The maximum atomic E-state index is 8.71. The Balaban J connectivity index is 2.70. The molecule has 1 rings (SSSR count). The molecule has 0 aliphatic heterocycles. The predicted octanol–water partition coefficient (Wildman–Crippen LogP) is 1.62. The number of anilines is 1. The van der Waals surface area contributed by atoms with Crippen LogP contribution in [0, 0.1) is 5.41 Å². The molecule has 0 aliphatic rings. The van der Waals surface area contributed by atoms with Gasteiger partial charge in [-0.3, -0.25) is 5.41 Å². The van der Waals surface area contributed by atoms with Gasteiger partial charge >= 0.3 is 0 Å². The second kappa shape index (κ2) is 7.18. The average Bonchev–Trinajstić information content (AvgIpc) is 2.34. The van der Waals surface area contributed by atoms with Crippen molar-refractivity contribution < 1.29 is 5.11 Å². The third-order valence-electron chi connectivity index (χ3n) is 2.67. The van der Waals surface area contributed by atoms with Gasteiger partial charge in [-0.05, 0) is 25.3 Å². The van der Waals surface area contributed by atoms with E-state index in [0.29, 0.717) is 16.4 Å². The fourth-order valence-corrected chi connectivity index (χ4v) is 2.01.